The van der Waals surface area contributed by atoms with E-state index in [-0.39, 0.29) is 11.9 Å². The lowest BCUT2D eigenvalue weighted by molar-refractivity contribution is -0.122. The van der Waals surface area contributed by atoms with Crippen LogP contribution < -0.4 is 25.8 Å². The standard InChI is InChI=1S/C17H26N4O4/c1-2-24-14-3-5-15(6-4-14)25-10-8-19-16(22)12-21-9-7-13(11-21)20-17(18)23/h3-6,13H,2,7-12H2,1H3,(H,19,22)(H3,18,20,23)/t13-/m0/s1. The fourth-order valence-corrected chi connectivity index (χ4v) is 2.71. The quantitative estimate of drug-likeness (QED) is 0.556. The van der Waals surface area contributed by atoms with Crippen LogP contribution in [0.15, 0.2) is 24.3 Å². The van der Waals surface area contributed by atoms with Crippen LogP contribution >= 0.6 is 0 Å². The highest BCUT2D eigenvalue weighted by molar-refractivity contribution is 5.78. The summed E-state index contributed by atoms with van der Waals surface area (Å²) in [4.78, 5) is 24.7. The molecule has 2 rings (SSSR count). The van der Waals surface area contributed by atoms with E-state index in [2.05, 4.69) is 10.6 Å². The van der Waals surface area contributed by atoms with Crippen molar-refractivity contribution >= 4 is 11.9 Å². The van der Waals surface area contributed by atoms with Gasteiger partial charge in [-0.15, -0.1) is 0 Å². The van der Waals surface area contributed by atoms with E-state index in [1.54, 1.807) is 0 Å². The number of hydrogen-bond donors (Lipinski definition) is 3. The molecule has 0 unspecified atom stereocenters. The van der Waals surface area contributed by atoms with Crippen molar-refractivity contribution in [3.8, 4) is 11.5 Å². The predicted octanol–water partition coefficient (Wildman–Crippen LogP) is 0.323. The molecule has 1 aliphatic heterocycles. The van der Waals surface area contributed by atoms with Gasteiger partial charge in [0.1, 0.15) is 18.1 Å². The first-order chi connectivity index (χ1) is 12.1. The number of hydrogen-bond acceptors (Lipinski definition) is 5. The normalized spacial score (nSPS) is 17.1. The maximum absolute atomic E-state index is 11.9. The number of carbonyl (C=O) groups is 2. The highest BCUT2D eigenvalue weighted by Gasteiger charge is 2.24. The molecule has 0 spiro atoms. The minimum Gasteiger partial charge on any atom is -0.494 e. The molecule has 25 heavy (non-hydrogen) atoms. The van der Waals surface area contributed by atoms with Crippen molar-refractivity contribution in [2.75, 3.05) is 39.4 Å². The Morgan fingerprint density at radius 2 is 1.92 bits per heavy atom. The lowest BCUT2D eigenvalue weighted by Gasteiger charge is -2.16. The molecule has 8 heteroatoms. The molecule has 8 nitrogen and oxygen atoms in total. The SMILES string of the molecule is CCOc1ccc(OCCNC(=O)CN2CC[C@H](NC(N)=O)C2)cc1. The molecule has 4 N–H and O–H groups in total. The maximum Gasteiger partial charge on any atom is 0.312 e. The molecule has 1 aliphatic rings. The molecule has 3 amide bonds. The van der Waals surface area contributed by atoms with Gasteiger partial charge in [-0.25, -0.2) is 4.79 Å². The van der Waals surface area contributed by atoms with E-state index in [0.717, 1.165) is 24.5 Å². The van der Waals surface area contributed by atoms with Crippen molar-refractivity contribution in [1.29, 1.82) is 0 Å². The van der Waals surface area contributed by atoms with E-state index in [0.29, 0.717) is 32.8 Å². The molecule has 0 radical (unpaired) electrons. The number of carbonyl (C=O) groups excluding carboxylic acids is 2. The molecule has 138 valence electrons. The summed E-state index contributed by atoms with van der Waals surface area (Å²) >= 11 is 0. The predicted molar refractivity (Wildman–Crippen MR) is 93.7 cm³/mol. The fraction of sp³-hybridized carbons (Fsp3) is 0.529. The number of ether oxygens (including phenoxy) is 2. The van der Waals surface area contributed by atoms with E-state index >= 15 is 0 Å². The average Bonchev–Trinajstić information content (AvgIpc) is 2.99. The molecule has 0 aromatic heterocycles. The largest absolute Gasteiger partial charge is 0.494 e. The van der Waals surface area contributed by atoms with Crippen molar-refractivity contribution in [2.24, 2.45) is 5.73 Å². The van der Waals surface area contributed by atoms with Crippen LogP contribution in [0, 0.1) is 0 Å². The molecule has 1 heterocycles. The Hall–Kier alpha value is -2.48. The number of nitrogens with two attached hydrogens (primary N) is 1. The smallest absolute Gasteiger partial charge is 0.312 e. The van der Waals surface area contributed by atoms with Crippen LogP contribution in [-0.2, 0) is 4.79 Å². The van der Waals surface area contributed by atoms with Gasteiger partial charge in [0.2, 0.25) is 5.91 Å². The summed E-state index contributed by atoms with van der Waals surface area (Å²) in [6, 6.07) is 6.87. The summed E-state index contributed by atoms with van der Waals surface area (Å²) in [6.45, 7) is 5.10. The molecule has 0 bridgehead atoms. The summed E-state index contributed by atoms with van der Waals surface area (Å²) < 4.78 is 10.9. The Morgan fingerprint density at radius 3 is 2.56 bits per heavy atom. The molecule has 0 aliphatic carbocycles. The first-order valence-electron chi connectivity index (χ1n) is 8.47. The third kappa shape index (κ3) is 6.88. The van der Waals surface area contributed by atoms with Crippen LogP contribution in [0.3, 0.4) is 0 Å². The maximum atomic E-state index is 11.9. The van der Waals surface area contributed by atoms with Gasteiger partial charge in [-0.05, 0) is 37.6 Å². The average molecular weight is 350 g/mol. The number of urea groups is 1. The number of amides is 3. The molecular weight excluding hydrogens is 324 g/mol. The number of likely N-dealkylation sites (tertiary alicyclic amines) is 1. The number of primary amides is 1. The molecule has 1 aromatic carbocycles. The number of nitrogens with zero attached hydrogens (tertiary/aromatic N) is 1. The van der Waals surface area contributed by atoms with Gasteiger partial charge >= 0.3 is 6.03 Å². The van der Waals surface area contributed by atoms with Crippen LogP contribution in [0.25, 0.3) is 0 Å². The zero-order valence-corrected chi connectivity index (χ0v) is 14.5. The number of benzene rings is 1. The van der Waals surface area contributed by atoms with Crippen molar-refractivity contribution in [3.05, 3.63) is 24.3 Å². The van der Waals surface area contributed by atoms with Crippen LogP contribution in [0.2, 0.25) is 0 Å². The second-order valence-corrected chi connectivity index (χ2v) is 5.83. The minimum absolute atomic E-state index is 0.0216. The summed E-state index contributed by atoms with van der Waals surface area (Å²) in [5, 5.41) is 5.49. The van der Waals surface area contributed by atoms with E-state index in [9.17, 15) is 9.59 Å². The third-order valence-corrected chi connectivity index (χ3v) is 3.81. The van der Waals surface area contributed by atoms with E-state index < -0.39 is 6.03 Å². The number of nitrogens with one attached hydrogen (secondary N) is 2. The Balaban J connectivity index is 1.58. The zero-order chi connectivity index (χ0) is 18.1. The van der Waals surface area contributed by atoms with E-state index in [1.807, 2.05) is 36.1 Å². The van der Waals surface area contributed by atoms with E-state index in [4.69, 9.17) is 15.2 Å². The summed E-state index contributed by atoms with van der Waals surface area (Å²) in [5.74, 6) is 1.48. The van der Waals surface area contributed by atoms with Crippen LogP contribution in [-0.4, -0.2) is 62.3 Å². The Morgan fingerprint density at radius 1 is 1.24 bits per heavy atom. The minimum atomic E-state index is -0.525. The summed E-state index contributed by atoms with van der Waals surface area (Å²) in [6.07, 6.45) is 0.803. The topological polar surface area (TPSA) is 106 Å². The highest BCUT2D eigenvalue weighted by atomic mass is 16.5. The van der Waals surface area contributed by atoms with Crippen molar-refractivity contribution in [2.45, 2.75) is 19.4 Å². The van der Waals surface area contributed by atoms with Crippen molar-refractivity contribution in [1.82, 2.24) is 15.5 Å². The van der Waals surface area contributed by atoms with Crippen LogP contribution in [0.4, 0.5) is 4.79 Å². The van der Waals surface area contributed by atoms with Gasteiger partial charge in [0.15, 0.2) is 0 Å². The van der Waals surface area contributed by atoms with Crippen molar-refractivity contribution in [3.63, 3.8) is 0 Å². The molecule has 0 saturated carbocycles. The Bertz CT molecular complexity index is 564. The number of rotatable bonds is 9. The Kier molecular flexibility index (Phi) is 7.34. The zero-order valence-electron chi connectivity index (χ0n) is 14.5. The monoisotopic (exact) mass is 350 g/mol. The lowest BCUT2D eigenvalue weighted by atomic mass is 10.3. The molecule has 1 atom stereocenters. The molecule has 1 fully saturated rings. The fourth-order valence-electron chi connectivity index (χ4n) is 2.71. The van der Waals surface area contributed by atoms with E-state index in [1.165, 1.54) is 0 Å². The van der Waals surface area contributed by atoms with Crippen LogP contribution in [0.5, 0.6) is 11.5 Å². The van der Waals surface area contributed by atoms with Gasteiger partial charge in [-0.3, -0.25) is 9.69 Å². The van der Waals surface area contributed by atoms with Gasteiger partial charge in [0, 0.05) is 19.1 Å². The Labute approximate surface area is 147 Å². The summed E-state index contributed by atoms with van der Waals surface area (Å²) in [7, 11) is 0. The third-order valence-electron chi connectivity index (χ3n) is 3.81. The molecule has 1 saturated heterocycles. The highest BCUT2D eigenvalue weighted by Crippen LogP contribution is 2.17. The first kappa shape index (κ1) is 18.9. The lowest BCUT2D eigenvalue weighted by Crippen LogP contribution is -2.42. The van der Waals surface area contributed by atoms with Crippen LogP contribution in [0.1, 0.15) is 13.3 Å². The van der Waals surface area contributed by atoms with Crippen molar-refractivity contribution < 1.29 is 19.1 Å². The first-order valence-corrected chi connectivity index (χ1v) is 8.47. The summed E-state index contributed by atoms with van der Waals surface area (Å²) in [5.41, 5.74) is 5.10. The van der Waals surface area contributed by atoms with Gasteiger partial charge in [-0.1, -0.05) is 0 Å². The second kappa shape index (κ2) is 9.73. The molecular formula is C17H26N4O4. The van der Waals surface area contributed by atoms with Gasteiger partial charge in [0.05, 0.1) is 19.7 Å². The second-order valence-electron chi connectivity index (χ2n) is 5.83. The molecule has 1 aromatic rings. The van der Waals surface area contributed by atoms with Gasteiger partial charge in [0.25, 0.3) is 0 Å². The van der Waals surface area contributed by atoms with Gasteiger partial charge < -0.3 is 25.8 Å². The van der Waals surface area contributed by atoms with Gasteiger partial charge in [-0.2, -0.15) is 0 Å².